The number of halogens is 3. The van der Waals surface area contributed by atoms with Gasteiger partial charge in [-0.25, -0.2) is 12.8 Å². The van der Waals surface area contributed by atoms with Gasteiger partial charge < -0.3 is 5.32 Å². The van der Waals surface area contributed by atoms with Gasteiger partial charge in [-0.15, -0.1) is 11.3 Å². The minimum absolute atomic E-state index is 0.00457. The van der Waals surface area contributed by atoms with Gasteiger partial charge >= 0.3 is 0 Å². The Morgan fingerprint density at radius 3 is 2.76 bits per heavy atom. The fourth-order valence-corrected chi connectivity index (χ4v) is 5.60. The highest BCUT2D eigenvalue weighted by atomic mass is 79.9. The molecule has 2 N–H and O–H groups in total. The lowest BCUT2D eigenvalue weighted by Gasteiger charge is -2.09. The van der Waals surface area contributed by atoms with Gasteiger partial charge in [0, 0.05) is 11.4 Å². The van der Waals surface area contributed by atoms with E-state index in [-0.39, 0.29) is 15.6 Å². The van der Waals surface area contributed by atoms with Gasteiger partial charge in [0.05, 0.1) is 14.5 Å². The summed E-state index contributed by atoms with van der Waals surface area (Å²) in [6.07, 6.45) is 0. The lowest BCUT2D eigenvalue weighted by molar-refractivity contribution is 0.601. The number of anilines is 1. The van der Waals surface area contributed by atoms with Gasteiger partial charge in [0.15, 0.2) is 0 Å². The highest BCUT2D eigenvalue weighted by Gasteiger charge is 2.22. The molecule has 0 saturated heterocycles. The average molecular weight is 414 g/mol. The summed E-state index contributed by atoms with van der Waals surface area (Å²) in [5.41, 5.74) is 0.00457. The number of rotatable bonds is 5. The standard InChI is InChI=1S/C12H11BrClFN2O2S2/c1-16-6-8-5-11(12(13)20-8)21(18,19)17-10-4-7(15)2-3-9(10)14/h2-5,16-17H,6H2,1H3. The second kappa shape index (κ2) is 6.62. The normalized spacial score (nSPS) is 11.6. The maximum absolute atomic E-state index is 13.2. The van der Waals surface area contributed by atoms with Crippen LogP contribution >= 0.6 is 38.9 Å². The molecule has 1 aromatic heterocycles. The molecule has 0 bridgehead atoms. The predicted octanol–water partition coefficient (Wildman–Crippen LogP) is 3.82. The minimum Gasteiger partial charge on any atom is -0.315 e. The second-order valence-corrected chi connectivity index (χ2v) is 8.62. The van der Waals surface area contributed by atoms with Gasteiger partial charge in [-0.05, 0) is 47.2 Å². The van der Waals surface area contributed by atoms with Crippen LogP contribution in [0.3, 0.4) is 0 Å². The molecule has 0 aliphatic carbocycles. The van der Waals surface area contributed by atoms with E-state index in [0.717, 1.165) is 17.0 Å². The molecule has 1 aromatic carbocycles. The van der Waals surface area contributed by atoms with Crippen molar-refractivity contribution in [3.05, 3.63) is 43.8 Å². The SMILES string of the molecule is CNCc1cc(S(=O)(=O)Nc2cc(F)ccc2Cl)c(Br)s1. The van der Waals surface area contributed by atoms with E-state index in [1.54, 1.807) is 13.1 Å². The van der Waals surface area contributed by atoms with Crippen LogP contribution in [0.4, 0.5) is 10.1 Å². The zero-order valence-corrected chi connectivity index (χ0v) is 14.8. The molecule has 4 nitrogen and oxygen atoms in total. The zero-order chi connectivity index (χ0) is 15.6. The summed E-state index contributed by atoms with van der Waals surface area (Å²) in [5.74, 6) is -0.572. The first-order valence-electron chi connectivity index (χ1n) is 5.74. The van der Waals surface area contributed by atoms with Crippen LogP contribution in [0.2, 0.25) is 5.02 Å². The molecule has 9 heteroatoms. The Kier molecular flexibility index (Phi) is 5.26. The monoisotopic (exact) mass is 412 g/mol. The van der Waals surface area contributed by atoms with E-state index in [9.17, 15) is 12.8 Å². The van der Waals surface area contributed by atoms with Crippen molar-refractivity contribution < 1.29 is 12.8 Å². The van der Waals surface area contributed by atoms with Crippen LogP contribution in [0.5, 0.6) is 0 Å². The van der Waals surface area contributed by atoms with E-state index in [1.165, 1.54) is 17.4 Å². The number of thiophene rings is 1. The molecule has 114 valence electrons. The third kappa shape index (κ3) is 3.95. The first kappa shape index (κ1) is 16.7. The van der Waals surface area contributed by atoms with E-state index in [1.807, 2.05) is 0 Å². The number of benzene rings is 1. The van der Waals surface area contributed by atoms with Crippen LogP contribution in [0.25, 0.3) is 0 Å². The zero-order valence-electron chi connectivity index (χ0n) is 10.8. The molecule has 0 spiro atoms. The summed E-state index contributed by atoms with van der Waals surface area (Å²) in [7, 11) is -2.08. The summed E-state index contributed by atoms with van der Waals surface area (Å²) in [4.78, 5) is 0.952. The quantitative estimate of drug-likeness (QED) is 0.783. The van der Waals surface area contributed by atoms with Crippen molar-refractivity contribution in [3.8, 4) is 0 Å². The lowest BCUT2D eigenvalue weighted by Crippen LogP contribution is -2.13. The first-order valence-corrected chi connectivity index (χ1v) is 9.21. The van der Waals surface area contributed by atoms with E-state index < -0.39 is 15.8 Å². The van der Waals surface area contributed by atoms with Gasteiger partial charge in [-0.2, -0.15) is 0 Å². The van der Waals surface area contributed by atoms with Gasteiger partial charge in [0.2, 0.25) is 0 Å². The average Bonchev–Trinajstić information content (AvgIpc) is 2.76. The first-order chi connectivity index (χ1) is 9.83. The molecule has 0 unspecified atom stereocenters. The van der Waals surface area contributed by atoms with Crippen molar-refractivity contribution in [1.82, 2.24) is 5.32 Å². The largest absolute Gasteiger partial charge is 0.315 e. The van der Waals surface area contributed by atoms with Crippen molar-refractivity contribution in [3.63, 3.8) is 0 Å². The highest BCUT2D eigenvalue weighted by molar-refractivity contribution is 9.11. The van der Waals surface area contributed by atoms with Crippen LogP contribution < -0.4 is 10.0 Å². The predicted molar refractivity (Wildman–Crippen MR) is 87.0 cm³/mol. The van der Waals surface area contributed by atoms with E-state index in [0.29, 0.717) is 10.3 Å². The number of nitrogens with one attached hydrogen (secondary N) is 2. The molecule has 2 rings (SSSR count). The van der Waals surface area contributed by atoms with Crippen LogP contribution in [0, 0.1) is 5.82 Å². The molecule has 0 radical (unpaired) electrons. The molecule has 0 fully saturated rings. The summed E-state index contributed by atoms with van der Waals surface area (Å²) in [5, 5.41) is 3.07. The molecule has 2 aromatic rings. The van der Waals surface area contributed by atoms with E-state index in [4.69, 9.17) is 11.6 Å². The third-order valence-electron chi connectivity index (χ3n) is 2.52. The molecule has 0 atom stereocenters. The smallest absolute Gasteiger partial charge is 0.263 e. The Balaban J connectivity index is 2.36. The van der Waals surface area contributed by atoms with Crippen LogP contribution in [0.15, 0.2) is 32.9 Å². The number of hydrogen-bond donors (Lipinski definition) is 2. The summed E-state index contributed by atoms with van der Waals surface area (Å²) in [6, 6.07) is 5.05. The minimum atomic E-state index is -3.85. The molecule has 21 heavy (non-hydrogen) atoms. The molecular weight excluding hydrogens is 403 g/mol. The van der Waals surface area contributed by atoms with Crippen LogP contribution in [0.1, 0.15) is 4.88 Å². The van der Waals surface area contributed by atoms with Crippen molar-refractivity contribution >= 4 is 54.6 Å². The summed E-state index contributed by atoms with van der Waals surface area (Å²) < 4.78 is 40.7. The van der Waals surface area contributed by atoms with E-state index in [2.05, 4.69) is 26.0 Å². The van der Waals surface area contributed by atoms with Gasteiger partial charge in [-0.3, -0.25) is 4.72 Å². The van der Waals surface area contributed by atoms with Gasteiger partial charge in [0.25, 0.3) is 10.0 Å². The Bertz CT molecular complexity index is 765. The maximum atomic E-state index is 13.2. The summed E-state index contributed by atoms with van der Waals surface area (Å²) in [6.45, 7) is 0.555. The van der Waals surface area contributed by atoms with Crippen molar-refractivity contribution in [1.29, 1.82) is 0 Å². The number of hydrogen-bond acceptors (Lipinski definition) is 4. The van der Waals surface area contributed by atoms with Crippen molar-refractivity contribution in [2.45, 2.75) is 11.4 Å². The Morgan fingerprint density at radius 1 is 1.38 bits per heavy atom. The third-order valence-corrected chi connectivity index (χ3v) is 6.47. The summed E-state index contributed by atoms with van der Waals surface area (Å²) >= 11 is 10.4. The highest BCUT2D eigenvalue weighted by Crippen LogP contribution is 2.34. The molecular formula is C12H11BrClFN2O2S2. The van der Waals surface area contributed by atoms with Crippen molar-refractivity contribution in [2.75, 3.05) is 11.8 Å². The fraction of sp³-hybridized carbons (Fsp3) is 0.167. The van der Waals surface area contributed by atoms with Gasteiger partial charge in [-0.1, -0.05) is 11.6 Å². The van der Waals surface area contributed by atoms with Crippen molar-refractivity contribution in [2.24, 2.45) is 0 Å². The molecule has 1 heterocycles. The van der Waals surface area contributed by atoms with Gasteiger partial charge in [0.1, 0.15) is 10.7 Å². The van der Waals surface area contributed by atoms with Crippen LogP contribution in [-0.4, -0.2) is 15.5 Å². The fourth-order valence-electron chi connectivity index (χ4n) is 1.62. The molecule has 0 amide bonds. The second-order valence-electron chi connectivity index (χ2n) is 4.11. The molecule has 0 aliphatic rings. The Morgan fingerprint density at radius 2 is 2.10 bits per heavy atom. The van der Waals surface area contributed by atoms with Crippen LogP contribution in [-0.2, 0) is 16.6 Å². The van der Waals surface area contributed by atoms with E-state index >= 15 is 0 Å². The molecule has 0 aliphatic heterocycles. The topological polar surface area (TPSA) is 58.2 Å². The number of sulfonamides is 1. The Labute approximate surface area is 139 Å². The Hall–Kier alpha value is -0.670. The molecule has 0 saturated carbocycles. The lowest BCUT2D eigenvalue weighted by atomic mass is 10.3. The maximum Gasteiger partial charge on any atom is 0.263 e.